The first kappa shape index (κ1) is 24.0. The molecule has 0 saturated carbocycles. The van der Waals surface area contributed by atoms with E-state index in [-0.39, 0.29) is 12.5 Å². The summed E-state index contributed by atoms with van der Waals surface area (Å²) in [6.45, 7) is 4.41. The summed E-state index contributed by atoms with van der Waals surface area (Å²) in [5.41, 5.74) is 5.56. The van der Waals surface area contributed by atoms with Gasteiger partial charge in [-0.2, -0.15) is 0 Å². The van der Waals surface area contributed by atoms with Crippen molar-refractivity contribution in [3.05, 3.63) is 106 Å². The molecule has 34 heavy (non-hydrogen) atoms. The lowest BCUT2D eigenvalue weighted by Crippen LogP contribution is -2.25. The first-order valence-electron chi connectivity index (χ1n) is 11.2. The van der Waals surface area contributed by atoms with Crippen molar-refractivity contribution in [2.75, 3.05) is 0 Å². The largest absolute Gasteiger partial charge is 0.349 e. The van der Waals surface area contributed by atoms with Gasteiger partial charge in [0.1, 0.15) is 0 Å². The number of thioether (sulfide) groups is 1. The molecule has 7 heteroatoms. The molecule has 4 rings (SSSR count). The number of benzene rings is 3. The van der Waals surface area contributed by atoms with Gasteiger partial charge in [0.15, 0.2) is 11.0 Å². The summed E-state index contributed by atoms with van der Waals surface area (Å²) in [4.78, 5) is 12.5. The molecular weight excluding hydrogens is 464 g/mol. The number of nitrogens with zero attached hydrogens (tertiary/aromatic N) is 3. The second-order valence-electron chi connectivity index (χ2n) is 8.21. The van der Waals surface area contributed by atoms with E-state index in [0.29, 0.717) is 23.7 Å². The van der Waals surface area contributed by atoms with Gasteiger partial charge in [0.2, 0.25) is 5.91 Å². The van der Waals surface area contributed by atoms with Crippen LogP contribution in [-0.2, 0) is 23.5 Å². The number of aryl methyl sites for hydroxylation is 3. The lowest BCUT2D eigenvalue weighted by molar-refractivity contribution is -0.121. The van der Waals surface area contributed by atoms with Crippen molar-refractivity contribution >= 4 is 29.3 Å². The van der Waals surface area contributed by atoms with Crippen LogP contribution in [0, 0.1) is 13.8 Å². The number of carbonyl (C=O) groups excluding carboxylic acids is 1. The van der Waals surface area contributed by atoms with Gasteiger partial charge in [-0.15, -0.1) is 10.2 Å². The highest BCUT2D eigenvalue weighted by Gasteiger charge is 2.17. The number of hydrogen-bond donors (Lipinski definition) is 1. The Hall–Kier alpha value is -3.09. The fourth-order valence-electron chi connectivity index (χ4n) is 3.69. The molecule has 0 saturated heterocycles. The van der Waals surface area contributed by atoms with Crippen molar-refractivity contribution in [3.8, 4) is 5.69 Å². The summed E-state index contributed by atoms with van der Waals surface area (Å²) in [7, 11) is 0. The van der Waals surface area contributed by atoms with Crippen molar-refractivity contribution in [2.45, 2.75) is 44.1 Å². The number of amides is 1. The Kier molecular flexibility index (Phi) is 8.03. The van der Waals surface area contributed by atoms with Crippen LogP contribution < -0.4 is 5.32 Å². The molecule has 0 fully saturated rings. The highest BCUT2D eigenvalue weighted by molar-refractivity contribution is 7.98. The van der Waals surface area contributed by atoms with Crippen molar-refractivity contribution in [1.82, 2.24) is 20.1 Å². The molecule has 0 aliphatic heterocycles. The number of aromatic nitrogens is 3. The molecule has 3 aromatic carbocycles. The van der Waals surface area contributed by atoms with E-state index >= 15 is 0 Å². The van der Waals surface area contributed by atoms with Gasteiger partial charge in [0.05, 0.1) is 12.2 Å². The predicted octanol–water partition coefficient (Wildman–Crippen LogP) is 6.08. The minimum Gasteiger partial charge on any atom is -0.349 e. The zero-order chi connectivity index (χ0) is 23.9. The molecule has 1 amide bonds. The normalized spacial score (nSPS) is 10.9. The van der Waals surface area contributed by atoms with E-state index in [4.69, 9.17) is 11.6 Å². The zero-order valence-corrected chi connectivity index (χ0v) is 20.9. The first-order chi connectivity index (χ1) is 16.5. The molecule has 1 aromatic heterocycles. The minimum absolute atomic E-state index is 0.0183. The van der Waals surface area contributed by atoms with Gasteiger partial charge < -0.3 is 5.32 Å². The third kappa shape index (κ3) is 6.27. The first-order valence-corrected chi connectivity index (χ1v) is 12.6. The third-order valence-electron chi connectivity index (χ3n) is 5.49. The fourth-order valence-corrected chi connectivity index (χ4v) is 4.77. The van der Waals surface area contributed by atoms with Gasteiger partial charge >= 0.3 is 0 Å². The lowest BCUT2D eigenvalue weighted by atomic mass is 10.1. The van der Waals surface area contributed by atoms with Crippen LogP contribution in [0.25, 0.3) is 5.69 Å². The van der Waals surface area contributed by atoms with E-state index in [9.17, 15) is 4.79 Å². The molecule has 0 unspecified atom stereocenters. The van der Waals surface area contributed by atoms with Crippen LogP contribution in [0.1, 0.15) is 34.5 Å². The molecule has 1 N–H and O–H groups in total. The Balaban J connectivity index is 1.52. The highest BCUT2D eigenvalue weighted by Crippen LogP contribution is 2.28. The van der Waals surface area contributed by atoms with Crippen molar-refractivity contribution < 1.29 is 4.79 Å². The van der Waals surface area contributed by atoms with Crippen molar-refractivity contribution in [1.29, 1.82) is 0 Å². The van der Waals surface area contributed by atoms with Crippen LogP contribution in [0.4, 0.5) is 0 Å². The van der Waals surface area contributed by atoms with Gasteiger partial charge in [-0.05, 0) is 49.1 Å². The summed E-state index contributed by atoms with van der Waals surface area (Å²) in [5.74, 6) is 1.42. The Bertz CT molecular complexity index is 1270. The van der Waals surface area contributed by atoms with Crippen LogP contribution in [-0.4, -0.2) is 20.7 Å². The maximum Gasteiger partial charge on any atom is 0.220 e. The van der Waals surface area contributed by atoms with E-state index in [0.717, 1.165) is 27.7 Å². The Morgan fingerprint density at radius 2 is 1.76 bits per heavy atom. The summed E-state index contributed by atoms with van der Waals surface area (Å²) in [6.07, 6.45) is 1.12. The van der Waals surface area contributed by atoms with Crippen molar-refractivity contribution in [2.24, 2.45) is 0 Å². The molecule has 4 aromatic rings. The van der Waals surface area contributed by atoms with E-state index in [1.807, 2.05) is 60.0 Å². The average Bonchev–Trinajstić information content (AvgIpc) is 3.25. The summed E-state index contributed by atoms with van der Waals surface area (Å²) in [6, 6.07) is 24.2. The van der Waals surface area contributed by atoms with Crippen LogP contribution in [0.2, 0.25) is 5.02 Å². The molecule has 0 spiro atoms. The Labute approximate surface area is 209 Å². The van der Waals surface area contributed by atoms with Gasteiger partial charge in [0.25, 0.3) is 0 Å². The maximum atomic E-state index is 12.5. The van der Waals surface area contributed by atoms with E-state index in [2.05, 4.69) is 46.7 Å². The second-order valence-corrected chi connectivity index (χ2v) is 9.58. The summed E-state index contributed by atoms with van der Waals surface area (Å²) in [5, 5.41) is 13.3. The predicted molar refractivity (Wildman–Crippen MR) is 138 cm³/mol. The van der Waals surface area contributed by atoms with Gasteiger partial charge in [-0.1, -0.05) is 89.6 Å². The van der Waals surface area contributed by atoms with Crippen LogP contribution in [0.15, 0.2) is 78.0 Å². The Morgan fingerprint density at radius 3 is 2.56 bits per heavy atom. The molecule has 5 nitrogen and oxygen atoms in total. The number of halogens is 1. The van der Waals surface area contributed by atoms with Crippen LogP contribution >= 0.6 is 23.4 Å². The molecule has 1 heterocycles. The number of nitrogens with one attached hydrogen (secondary N) is 1. The van der Waals surface area contributed by atoms with Gasteiger partial charge in [0, 0.05) is 17.2 Å². The van der Waals surface area contributed by atoms with Gasteiger partial charge in [-0.25, -0.2) is 0 Å². The number of rotatable bonds is 9. The van der Waals surface area contributed by atoms with Crippen molar-refractivity contribution in [3.63, 3.8) is 0 Å². The standard InChI is InChI=1S/C27H27ClN4OS/c1-19-7-6-10-22(15-19)18-34-27-31-30-25(32(27)24-16-23(28)13-11-20(24)2)17-29-26(33)14-12-21-8-4-3-5-9-21/h3-11,13,15-16H,12,14,17-18H2,1-2H3,(H,29,33). The minimum atomic E-state index is -0.0183. The molecule has 0 aliphatic rings. The topological polar surface area (TPSA) is 59.8 Å². The van der Waals surface area contributed by atoms with E-state index < -0.39 is 0 Å². The zero-order valence-electron chi connectivity index (χ0n) is 19.3. The van der Waals surface area contributed by atoms with E-state index in [1.165, 1.54) is 11.1 Å². The summed E-state index contributed by atoms with van der Waals surface area (Å²) >= 11 is 7.94. The quantitative estimate of drug-likeness (QED) is 0.289. The molecular formula is C27H27ClN4OS. The molecule has 0 aliphatic carbocycles. The molecule has 0 atom stereocenters. The molecule has 0 bridgehead atoms. The maximum absolute atomic E-state index is 12.5. The Morgan fingerprint density at radius 1 is 0.971 bits per heavy atom. The number of carbonyl (C=O) groups is 1. The lowest BCUT2D eigenvalue weighted by Gasteiger charge is -2.14. The van der Waals surface area contributed by atoms with Gasteiger partial charge in [-0.3, -0.25) is 9.36 Å². The smallest absolute Gasteiger partial charge is 0.220 e. The fraction of sp³-hybridized carbons (Fsp3) is 0.222. The van der Waals surface area contributed by atoms with Crippen LogP contribution in [0.5, 0.6) is 0 Å². The third-order valence-corrected chi connectivity index (χ3v) is 6.73. The SMILES string of the molecule is Cc1cccc(CSc2nnc(CNC(=O)CCc3ccccc3)n2-c2cc(Cl)ccc2C)c1. The van der Waals surface area contributed by atoms with Crippen LogP contribution in [0.3, 0.4) is 0 Å². The average molecular weight is 491 g/mol. The highest BCUT2D eigenvalue weighted by atomic mass is 35.5. The summed E-state index contributed by atoms with van der Waals surface area (Å²) < 4.78 is 2.00. The van der Waals surface area contributed by atoms with E-state index in [1.54, 1.807) is 11.8 Å². The monoisotopic (exact) mass is 490 g/mol. The molecule has 174 valence electrons. The second kappa shape index (κ2) is 11.4. The number of hydrogen-bond acceptors (Lipinski definition) is 4. The molecule has 0 radical (unpaired) electrons.